The van der Waals surface area contributed by atoms with Crippen molar-refractivity contribution < 1.29 is 4.79 Å². The van der Waals surface area contributed by atoms with Gasteiger partial charge in [0.05, 0.1) is 0 Å². The number of hydrogen-bond acceptors (Lipinski definition) is 1. The van der Waals surface area contributed by atoms with Crippen LogP contribution >= 0.6 is 0 Å². The van der Waals surface area contributed by atoms with Gasteiger partial charge in [-0.1, -0.05) is 27.2 Å². The number of amides is 2. The molecule has 0 aliphatic rings. The Hall–Kier alpha value is -0.730. The Kier molecular flexibility index (Phi) is 11.8. The molecule has 0 rings (SSSR count). The van der Waals surface area contributed by atoms with E-state index in [1.165, 1.54) is 6.42 Å². The molecule has 0 aromatic rings. The molecule has 0 aromatic heterocycles. The van der Waals surface area contributed by atoms with Gasteiger partial charge < -0.3 is 10.6 Å². The van der Waals surface area contributed by atoms with Crippen molar-refractivity contribution >= 4 is 6.03 Å². The Morgan fingerprint density at radius 1 is 1.25 bits per heavy atom. The summed E-state index contributed by atoms with van der Waals surface area (Å²) in [4.78, 5) is 12.1. The molecule has 0 heterocycles. The Morgan fingerprint density at radius 3 is 1.75 bits per heavy atom. The number of rotatable bonds is 3. The fourth-order valence-electron chi connectivity index (χ4n) is 0.694. The van der Waals surface area contributed by atoms with Crippen molar-refractivity contribution in [1.82, 2.24) is 4.90 Å². The molecule has 0 unspecified atom stereocenters. The van der Waals surface area contributed by atoms with Crippen molar-refractivity contribution in [2.75, 3.05) is 13.1 Å². The van der Waals surface area contributed by atoms with E-state index in [0.29, 0.717) is 6.54 Å². The van der Waals surface area contributed by atoms with Crippen LogP contribution in [-0.2, 0) is 0 Å². The van der Waals surface area contributed by atoms with E-state index in [1.54, 1.807) is 4.90 Å². The van der Waals surface area contributed by atoms with Crippen LogP contribution in [0.4, 0.5) is 4.79 Å². The smallest absolute Gasteiger partial charge is 0.314 e. The molecule has 0 bridgehead atoms. The summed E-state index contributed by atoms with van der Waals surface area (Å²) in [5, 5.41) is 0. The molecule has 0 atom stereocenters. The maximum absolute atomic E-state index is 10.5. The molecule has 0 aliphatic heterocycles. The third-order valence-electron chi connectivity index (χ3n) is 1.19. The topological polar surface area (TPSA) is 46.3 Å². The minimum absolute atomic E-state index is 0.320. The van der Waals surface area contributed by atoms with Crippen molar-refractivity contribution in [2.24, 2.45) is 5.73 Å². The third-order valence-corrected chi connectivity index (χ3v) is 1.19. The van der Waals surface area contributed by atoms with Crippen molar-refractivity contribution in [3.05, 3.63) is 0 Å². The average Bonchev–Trinajstić information content (AvgIpc) is 2.01. The summed E-state index contributed by atoms with van der Waals surface area (Å²) < 4.78 is 0. The second-order valence-electron chi connectivity index (χ2n) is 2.63. The van der Waals surface area contributed by atoms with Gasteiger partial charge in [-0.2, -0.15) is 0 Å². The van der Waals surface area contributed by atoms with Gasteiger partial charge in [0.25, 0.3) is 0 Å². The number of urea groups is 1. The summed E-state index contributed by atoms with van der Waals surface area (Å²) in [7, 11) is 0. The highest BCUT2D eigenvalue weighted by Gasteiger charge is 2.02. The minimum atomic E-state index is -0.320. The number of nitrogens with zero attached hydrogens (tertiary/aromatic N) is 1. The molecule has 0 aliphatic carbocycles. The molecule has 2 N–H and O–H groups in total. The van der Waals surface area contributed by atoms with Crippen LogP contribution in [0.25, 0.3) is 0 Å². The number of carbonyl (C=O) groups is 1. The summed E-state index contributed by atoms with van der Waals surface area (Å²) in [6.07, 6.45) is 2.22. The lowest BCUT2D eigenvalue weighted by atomic mass is 10.4. The summed E-state index contributed by atoms with van der Waals surface area (Å²) in [6, 6.07) is -0.320. The van der Waals surface area contributed by atoms with Crippen LogP contribution in [-0.4, -0.2) is 24.0 Å². The van der Waals surface area contributed by atoms with Crippen molar-refractivity contribution in [2.45, 2.75) is 40.5 Å². The van der Waals surface area contributed by atoms with Crippen LogP contribution in [0.1, 0.15) is 40.5 Å². The van der Waals surface area contributed by atoms with Crippen LogP contribution in [0.15, 0.2) is 0 Å². The molecule has 12 heavy (non-hydrogen) atoms. The van der Waals surface area contributed by atoms with Gasteiger partial charge in [0.2, 0.25) is 0 Å². The lowest BCUT2D eigenvalue weighted by molar-refractivity contribution is 0.210. The van der Waals surface area contributed by atoms with Gasteiger partial charge in [0.15, 0.2) is 0 Å². The van der Waals surface area contributed by atoms with Gasteiger partial charge in [-0.25, -0.2) is 4.79 Å². The van der Waals surface area contributed by atoms with Gasteiger partial charge in [-0.05, 0) is 13.3 Å². The summed E-state index contributed by atoms with van der Waals surface area (Å²) in [5.41, 5.74) is 5.02. The Balaban J connectivity index is 0. The summed E-state index contributed by atoms with van der Waals surface area (Å²) >= 11 is 0. The van der Waals surface area contributed by atoms with Crippen LogP contribution in [0.3, 0.4) is 0 Å². The van der Waals surface area contributed by atoms with E-state index in [1.807, 2.05) is 13.8 Å². The van der Waals surface area contributed by atoms with Crippen molar-refractivity contribution in [3.8, 4) is 0 Å². The Morgan fingerprint density at radius 2 is 1.67 bits per heavy atom. The monoisotopic (exact) mass is 174 g/mol. The SMILES string of the molecule is CCC.CCCN(CC)C(N)=O. The minimum Gasteiger partial charge on any atom is -0.351 e. The number of primary amides is 1. The van der Waals surface area contributed by atoms with Crippen LogP contribution < -0.4 is 5.73 Å². The molecule has 0 aromatic carbocycles. The largest absolute Gasteiger partial charge is 0.351 e. The second-order valence-corrected chi connectivity index (χ2v) is 2.63. The molecule has 0 saturated carbocycles. The van der Waals surface area contributed by atoms with Crippen LogP contribution in [0.5, 0.6) is 0 Å². The Labute approximate surface area is 75.9 Å². The molecule has 0 saturated heterocycles. The van der Waals surface area contributed by atoms with Gasteiger partial charge in [0.1, 0.15) is 0 Å². The second kappa shape index (κ2) is 10.3. The van der Waals surface area contributed by atoms with E-state index < -0.39 is 0 Å². The van der Waals surface area contributed by atoms with E-state index in [-0.39, 0.29) is 6.03 Å². The zero-order chi connectivity index (χ0) is 9.98. The zero-order valence-electron chi connectivity index (χ0n) is 8.76. The maximum atomic E-state index is 10.5. The quantitative estimate of drug-likeness (QED) is 0.700. The van der Waals surface area contributed by atoms with E-state index in [2.05, 4.69) is 13.8 Å². The predicted molar refractivity (Wildman–Crippen MR) is 53.1 cm³/mol. The van der Waals surface area contributed by atoms with Gasteiger partial charge in [0, 0.05) is 13.1 Å². The lowest BCUT2D eigenvalue weighted by Crippen LogP contribution is -2.35. The first-order valence-corrected chi connectivity index (χ1v) is 4.68. The molecule has 3 heteroatoms. The molecule has 0 fully saturated rings. The average molecular weight is 174 g/mol. The molecular weight excluding hydrogens is 152 g/mol. The highest BCUT2D eigenvalue weighted by Crippen LogP contribution is 1.88. The van der Waals surface area contributed by atoms with Gasteiger partial charge in [-0.3, -0.25) is 0 Å². The molecule has 0 radical (unpaired) electrons. The molecular formula is C9H22N2O. The number of hydrogen-bond donors (Lipinski definition) is 1. The maximum Gasteiger partial charge on any atom is 0.314 e. The molecule has 74 valence electrons. The third kappa shape index (κ3) is 9.27. The standard InChI is InChI=1S/C6H14N2O.C3H8/c1-3-5-8(4-2)6(7)9;1-3-2/h3-5H2,1-2H3,(H2,7,9);3H2,1-2H3. The van der Waals surface area contributed by atoms with Crippen LogP contribution in [0, 0.1) is 0 Å². The highest BCUT2D eigenvalue weighted by molar-refractivity contribution is 5.71. The summed E-state index contributed by atoms with van der Waals surface area (Å²) in [6.45, 7) is 9.67. The highest BCUT2D eigenvalue weighted by atomic mass is 16.2. The molecule has 2 amide bonds. The fourth-order valence-corrected chi connectivity index (χ4v) is 0.694. The van der Waals surface area contributed by atoms with E-state index >= 15 is 0 Å². The number of carbonyl (C=O) groups excluding carboxylic acids is 1. The van der Waals surface area contributed by atoms with Crippen LogP contribution in [0.2, 0.25) is 0 Å². The molecule has 0 spiro atoms. The predicted octanol–water partition coefficient (Wildman–Crippen LogP) is 2.21. The number of nitrogens with two attached hydrogens (primary N) is 1. The summed E-state index contributed by atoms with van der Waals surface area (Å²) in [5.74, 6) is 0. The van der Waals surface area contributed by atoms with Gasteiger partial charge >= 0.3 is 6.03 Å². The van der Waals surface area contributed by atoms with E-state index in [4.69, 9.17) is 5.73 Å². The zero-order valence-corrected chi connectivity index (χ0v) is 8.76. The normalized spacial score (nSPS) is 8.33. The van der Waals surface area contributed by atoms with Crippen molar-refractivity contribution in [3.63, 3.8) is 0 Å². The first-order chi connectivity index (χ1) is 5.63. The fraction of sp³-hybridized carbons (Fsp3) is 0.889. The van der Waals surface area contributed by atoms with Gasteiger partial charge in [-0.15, -0.1) is 0 Å². The lowest BCUT2D eigenvalue weighted by Gasteiger charge is -2.15. The van der Waals surface area contributed by atoms with E-state index in [9.17, 15) is 4.79 Å². The Bertz CT molecular complexity index is 105. The first-order valence-electron chi connectivity index (χ1n) is 4.68. The van der Waals surface area contributed by atoms with Crippen molar-refractivity contribution in [1.29, 1.82) is 0 Å². The first kappa shape index (κ1) is 13.8. The molecule has 3 nitrogen and oxygen atoms in total. The van der Waals surface area contributed by atoms with E-state index in [0.717, 1.165) is 13.0 Å².